The summed E-state index contributed by atoms with van der Waals surface area (Å²) in [4.78, 5) is 3.24. The third-order valence-corrected chi connectivity index (χ3v) is 4.61. The molecule has 0 radical (unpaired) electrons. The molecule has 0 atom stereocenters. The molecule has 0 saturated carbocycles. The molecule has 4 heteroatoms. The van der Waals surface area contributed by atoms with Crippen molar-refractivity contribution in [1.82, 2.24) is 9.55 Å². The van der Waals surface area contributed by atoms with E-state index in [2.05, 4.69) is 16.5 Å². The number of unbranched alkanes of at least 4 members (excludes halogenated alkanes) is 7. The van der Waals surface area contributed by atoms with Gasteiger partial charge in [0.1, 0.15) is 0 Å². The minimum absolute atomic E-state index is 0.777. The van der Waals surface area contributed by atoms with Gasteiger partial charge < -0.3 is 9.55 Å². The molecule has 0 aliphatic heterocycles. The van der Waals surface area contributed by atoms with Gasteiger partial charge in [-0.15, -0.1) is 0 Å². The van der Waals surface area contributed by atoms with Crippen LogP contribution < -0.4 is 0 Å². The van der Waals surface area contributed by atoms with Crippen molar-refractivity contribution in [2.75, 3.05) is 0 Å². The number of halogens is 1. The van der Waals surface area contributed by atoms with Gasteiger partial charge in [-0.05, 0) is 30.8 Å². The second-order valence-electron chi connectivity index (χ2n) is 5.69. The minimum atomic E-state index is 0.777. The summed E-state index contributed by atoms with van der Waals surface area (Å²) >= 11 is 11.7. The standard InChI is InChI=1S/C17H25ClN2S/c1-2-3-4-5-6-7-8-9-13-20-16-14(18)11-10-12-15(16)19-17(20)21/h10-12H,2-9,13H2,1H3,(H,19,21). The summed E-state index contributed by atoms with van der Waals surface area (Å²) in [7, 11) is 0. The number of aromatic nitrogens is 2. The van der Waals surface area contributed by atoms with E-state index in [0.717, 1.165) is 27.4 Å². The first-order chi connectivity index (χ1) is 10.2. The Hall–Kier alpha value is -0.800. The van der Waals surface area contributed by atoms with Gasteiger partial charge in [0.15, 0.2) is 4.77 Å². The van der Waals surface area contributed by atoms with E-state index in [-0.39, 0.29) is 0 Å². The Labute approximate surface area is 137 Å². The lowest BCUT2D eigenvalue weighted by Gasteiger charge is -2.06. The molecule has 0 saturated heterocycles. The van der Waals surface area contributed by atoms with Crippen LogP contribution in [0.3, 0.4) is 0 Å². The van der Waals surface area contributed by atoms with Crippen molar-refractivity contribution in [3.05, 3.63) is 28.0 Å². The number of aryl methyl sites for hydroxylation is 1. The molecular weight excluding hydrogens is 300 g/mol. The van der Waals surface area contributed by atoms with Gasteiger partial charge in [0.05, 0.1) is 16.1 Å². The molecular formula is C17H25ClN2S. The number of fused-ring (bicyclic) bond motifs is 1. The molecule has 1 aromatic carbocycles. The molecule has 21 heavy (non-hydrogen) atoms. The Kier molecular flexibility index (Phi) is 6.78. The number of hydrogen-bond acceptors (Lipinski definition) is 1. The van der Waals surface area contributed by atoms with Gasteiger partial charge in [0.25, 0.3) is 0 Å². The Morgan fingerprint density at radius 3 is 2.43 bits per heavy atom. The van der Waals surface area contributed by atoms with Crippen molar-refractivity contribution in [2.45, 2.75) is 64.8 Å². The lowest BCUT2D eigenvalue weighted by Crippen LogP contribution is -1.98. The summed E-state index contributed by atoms with van der Waals surface area (Å²) in [5, 5.41) is 0.777. The molecule has 0 aliphatic carbocycles. The fourth-order valence-electron chi connectivity index (χ4n) is 2.79. The number of imidazole rings is 1. The highest BCUT2D eigenvalue weighted by Crippen LogP contribution is 2.23. The summed E-state index contributed by atoms with van der Waals surface area (Å²) in [5.41, 5.74) is 2.08. The van der Waals surface area contributed by atoms with Crippen LogP contribution in [-0.2, 0) is 6.54 Å². The molecule has 0 aliphatic rings. The van der Waals surface area contributed by atoms with Crippen LogP contribution in [0.4, 0.5) is 0 Å². The molecule has 2 rings (SSSR count). The maximum Gasteiger partial charge on any atom is 0.178 e. The molecule has 2 aromatic rings. The fraction of sp³-hybridized carbons (Fsp3) is 0.588. The molecule has 116 valence electrons. The van der Waals surface area contributed by atoms with Crippen LogP contribution in [0.5, 0.6) is 0 Å². The zero-order chi connectivity index (χ0) is 15.1. The number of nitrogens with one attached hydrogen (secondary N) is 1. The molecule has 0 bridgehead atoms. The third-order valence-electron chi connectivity index (χ3n) is 3.98. The highest BCUT2D eigenvalue weighted by atomic mass is 35.5. The zero-order valence-corrected chi connectivity index (χ0v) is 14.4. The summed E-state index contributed by atoms with van der Waals surface area (Å²) in [6.45, 7) is 3.22. The third kappa shape index (κ3) is 4.58. The summed E-state index contributed by atoms with van der Waals surface area (Å²) < 4.78 is 2.92. The van der Waals surface area contributed by atoms with Crippen molar-refractivity contribution < 1.29 is 0 Å². The molecule has 1 N–H and O–H groups in total. The number of benzene rings is 1. The first kappa shape index (κ1) is 16.6. The van der Waals surface area contributed by atoms with E-state index >= 15 is 0 Å². The minimum Gasteiger partial charge on any atom is -0.331 e. The molecule has 0 amide bonds. The zero-order valence-electron chi connectivity index (χ0n) is 12.8. The van der Waals surface area contributed by atoms with E-state index in [1.807, 2.05) is 18.2 Å². The summed E-state index contributed by atoms with van der Waals surface area (Å²) in [6.07, 6.45) is 10.6. The summed E-state index contributed by atoms with van der Waals surface area (Å²) in [5.74, 6) is 0. The highest BCUT2D eigenvalue weighted by molar-refractivity contribution is 7.71. The van der Waals surface area contributed by atoms with Gasteiger partial charge >= 0.3 is 0 Å². The quantitative estimate of drug-likeness (QED) is 0.413. The number of H-pyrrole nitrogens is 1. The van der Waals surface area contributed by atoms with Crippen LogP contribution in [0.2, 0.25) is 5.02 Å². The smallest absolute Gasteiger partial charge is 0.178 e. The highest BCUT2D eigenvalue weighted by Gasteiger charge is 2.07. The number of nitrogens with zero attached hydrogens (tertiary/aromatic N) is 1. The van der Waals surface area contributed by atoms with E-state index in [4.69, 9.17) is 23.8 Å². The van der Waals surface area contributed by atoms with Gasteiger partial charge in [-0.25, -0.2) is 0 Å². The maximum absolute atomic E-state index is 6.30. The van der Waals surface area contributed by atoms with Crippen LogP contribution >= 0.6 is 23.8 Å². The van der Waals surface area contributed by atoms with E-state index < -0.39 is 0 Å². The van der Waals surface area contributed by atoms with Crippen molar-refractivity contribution in [2.24, 2.45) is 0 Å². The average molecular weight is 325 g/mol. The van der Waals surface area contributed by atoms with Crippen molar-refractivity contribution in [1.29, 1.82) is 0 Å². The fourth-order valence-corrected chi connectivity index (χ4v) is 3.36. The molecule has 0 unspecified atom stereocenters. The molecule has 0 fully saturated rings. The van der Waals surface area contributed by atoms with Crippen LogP contribution in [0.1, 0.15) is 58.3 Å². The predicted octanol–water partition coefficient (Wildman–Crippen LogP) is 6.49. The van der Waals surface area contributed by atoms with Crippen molar-refractivity contribution in [3.8, 4) is 0 Å². The molecule has 0 spiro atoms. The van der Waals surface area contributed by atoms with E-state index in [9.17, 15) is 0 Å². The normalized spacial score (nSPS) is 11.3. The number of para-hydroxylation sites is 1. The molecule has 1 heterocycles. The second-order valence-corrected chi connectivity index (χ2v) is 6.49. The Morgan fingerprint density at radius 1 is 1.05 bits per heavy atom. The second kappa shape index (κ2) is 8.60. The molecule has 2 nitrogen and oxygen atoms in total. The number of hydrogen-bond donors (Lipinski definition) is 1. The lowest BCUT2D eigenvalue weighted by molar-refractivity contribution is 0.546. The predicted molar refractivity (Wildman–Crippen MR) is 94.7 cm³/mol. The van der Waals surface area contributed by atoms with Crippen molar-refractivity contribution >= 4 is 34.9 Å². The number of aromatic amines is 1. The van der Waals surface area contributed by atoms with Gasteiger partial charge in [0.2, 0.25) is 0 Å². The topological polar surface area (TPSA) is 20.7 Å². The maximum atomic E-state index is 6.30. The SMILES string of the molecule is CCCCCCCCCCn1c(=S)[nH]c2cccc(Cl)c21. The Morgan fingerprint density at radius 2 is 1.71 bits per heavy atom. The largest absolute Gasteiger partial charge is 0.331 e. The monoisotopic (exact) mass is 324 g/mol. The van der Waals surface area contributed by atoms with E-state index in [0.29, 0.717) is 0 Å². The lowest BCUT2D eigenvalue weighted by atomic mass is 10.1. The van der Waals surface area contributed by atoms with Crippen molar-refractivity contribution in [3.63, 3.8) is 0 Å². The number of rotatable bonds is 9. The molecule has 1 aromatic heterocycles. The Bertz CT molecular complexity index is 615. The van der Waals surface area contributed by atoms with Crippen LogP contribution in [0, 0.1) is 4.77 Å². The van der Waals surface area contributed by atoms with Gasteiger partial charge in [-0.1, -0.05) is 69.5 Å². The van der Waals surface area contributed by atoms with E-state index in [1.165, 1.54) is 51.4 Å². The van der Waals surface area contributed by atoms with E-state index in [1.54, 1.807) is 0 Å². The van der Waals surface area contributed by atoms with Crippen LogP contribution in [0.25, 0.3) is 11.0 Å². The van der Waals surface area contributed by atoms with Crippen LogP contribution in [-0.4, -0.2) is 9.55 Å². The van der Waals surface area contributed by atoms with Gasteiger partial charge in [-0.2, -0.15) is 0 Å². The first-order valence-corrected chi connectivity index (χ1v) is 8.89. The van der Waals surface area contributed by atoms with Gasteiger partial charge in [0, 0.05) is 6.54 Å². The van der Waals surface area contributed by atoms with Crippen LogP contribution in [0.15, 0.2) is 18.2 Å². The average Bonchev–Trinajstić information content (AvgIpc) is 2.79. The first-order valence-electron chi connectivity index (χ1n) is 8.11. The van der Waals surface area contributed by atoms with Gasteiger partial charge in [-0.3, -0.25) is 0 Å². The Balaban J connectivity index is 1.81. The summed E-state index contributed by atoms with van der Waals surface area (Å²) in [6, 6.07) is 5.91.